The summed E-state index contributed by atoms with van der Waals surface area (Å²) in [5.41, 5.74) is 16.7. The molecule has 0 bridgehead atoms. The van der Waals surface area contributed by atoms with Crippen LogP contribution in [0.4, 0.5) is 0 Å². The van der Waals surface area contributed by atoms with Crippen molar-refractivity contribution in [2.75, 3.05) is 0 Å². The molecule has 0 heterocycles. The molecule has 4 aliphatic rings. The zero-order chi connectivity index (χ0) is 23.4. The van der Waals surface area contributed by atoms with Gasteiger partial charge in [0.1, 0.15) is 0 Å². The third-order valence-corrected chi connectivity index (χ3v) is 8.76. The predicted octanol–water partition coefficient (Wildman–Crippen LogP) is 9.22. The van der Waals surface area contributed by atoms with E-state index in [1.165, 1.54) is 77.6 Å². The molecule has 36 heavy (non-hydrogen) atoms. The summed E-state index contributed by atoms with van der Waals surface area (Å²) in [4.78, 5) is 0. The number of fused-ring (bicyclic) bond motifs is 5. The van der Waals surface area contributed by atoms with E-state index in [1.807, 2.05) is 0 Å². The molecule has 166 valence electrons. The molecule has 0 amide bonds. The van der Waals surface area contributed by atoms with E-state index in [2.05, 4.69) is 121 Å². The normalized spacial score (nSPS) is 19.3. The van der Waals surface area contributed by atoms with Gasteiger partial charge in [0, 0.05) is 11.8 Å². The van der Waals surface area contributed by atoms with Crippen LogP contribution < -0.4 is 0 Å². The maximum atomic E-state index is 2.53. The highest BCUT2D eigenvalue weighted by atomic mass is 14.4. The lowest BCUT2D eigenvalue weighted by Gasteiger charge is -2.41. The molecule has 0 aliphatic heterocycles. The van der Waals surface area contributed by atoms with Gasteiger partial charge in [0.2, 0.25) is 0 Å². The molecule has 5 aromatic rings. The van der Waals surface area contributed by atoms with Gasteiger partial charge >= 0.3 is 0 Å². The third-order valence-electron chi connectivity index (χ3n) is 8.76. The van der Waals surface area contributed by atoms with Crippen molar-refractivity contribution in [1.29, 1.82) is 0 Å². The first-order valence-electron chi connectivity index (χ1n) is 12.9. The van der Waals surface area contributed by atoms with Gasteiger partial charge in [-0.1, -0.05) is 109 Å². The lowest BCUT2D eigenvalue weighted by molar-refractivity contribution is 0.691. The number of hydrogen-bond acceptors (Lipinski definition) is 0. The minimum absolute atomic E-state index is 0.342. The second kappa shape index (κ2) is 6.62. The smallest absolute Gasteiger partial charge is 0.0211 e. The van der Waals surface area contributed by atoms with E-state index >= 15 is 0 Å². The first kappa shape index (κ1) is 18.9. The summed E-state index contributed by atoms with van der Waals surface area (Å²) in [6.45, 7) is 0. The fraction of sp³-hybridized carbons (Fsp3) is 0.0556. The van der Waals surface area contributed by atoms with Gasteiger partial charge in [0.05, 0.1) is 0 Å². The summed E-state index contributed by atoms with van der Waals surface area (Å²) in [6.07, 6.45) is 9.55. The van der Waals surface area contributed by atoms with Crippen LogP contribution in [-0.2, 0) is 0 Å². The van der Waals surface area contributed by atoms with E-state index in [-0.39, 0.29) is 0 Å². The van der Waals surface area contributed by atoms with Crippen LogP contribution in [0.15, 0.2) is 115 Å². The topological polar surface area (TPSA) is 0 Å². The van der Waals surface area contributed by atoms with Crippen molar-refractivity contribution in [2.24, 2.45) is 0 Å². The van der Waals surface area contributed by atoms with Crippen LogP contribution in [0.3, 0.4) is 0 Å². The molecule has 0 heteroatoms. The van der Waals surface area contributed by atoms with Crippen LogP contribution in [0.25, 0.3) is 50.8 Å². The summed E-state index contributed by atoms with van der Waals surface area (Å²) >= 11 is 0. The summed E-state index contributed by atoms with van der Waals surface area (Å²) < 4.78 is 0. The molecule has 0 spiro atoms. The predicted molar refractivity (Wildman–Crippen MR) is 151 cm³/mol. The summed E-state index contributed by atoms with van der Waals surface area (Å²) in [7, 11) is 0. The van der Waals surface area contributed by atoms with Gasteiger partial charge in [-0.2, -0.15) is 0 Å². The molecule has 0 nitrogen and oxygen atoms in total. The highest BCUT2D eigenvalue weighted by Crippen LogP contribution is 2.58. The van der Waals surface area contributed by atoms with E-state index in [9.17, 15) is 0 Å². The molecule has 0 saturated carbocycles. The Hall–Kier alpha value is -4.42. The quantitative estimate of drug-likeness (QED) is 0.232. The standard InChI is InChI=1S/C36H22/c1-2-7-21(8-3-1)35-28-18-16-24-10-4-9-23-15-17-27(36(28)33(23)24)31-19-29-25-13-5-11-22-12-6-14-26(34(22)25)30(29)20-32(31)35/h1-20,27,36H. The molecule has 0 radical (unpaired) electrons. The average molecular weight is 455 g/mol. The minimum atomic E-state index is 0.342. The SMILES string of the molecule is C1=Cc2cccc3c2C2C1=C(c1ccccc1)c1cc4c(cc1C2C=C3)-c1cccc2cccc-4c12. The molecule has 4 aliphatic carbocycles. The Bertz CT molecular complexity index is 1870. The second-order valence-corrected chi connectivity index (χ2v) is 10.4. The molecule has 2 unspecified atom stereocenters. The Kier molecular flexibility index (Phi) is 3.47. The van der Waals surface area contributed by atoms with Crippen molar-refractivity contribution in [3.05, 3.63) is 148 Å². The van der Waals surface area contributed by atoms with Crippen molar-refractivity contribution >= 4 is 28.5 Å². The first-order chi connectivity index (χ1) is 17.9. The van der Waals surface area contributed by atoms with E-state index in [4.69, 9.17) is 0 Å². The lowest BCUT2D eigenvalue weighted by atomic mass is 9.62. The zero-order valence-electron chi connectivity index (χ0n) is 19.7. The molecule has 0 saturated heterocycles. The molecule has 2 atom stereocenters. The van der Waals surface area contributed by atoms with Crippen LogP contribution in [0.2, 0.25) is 0 Å². The van der Waals surface area contributed by atoms with Crippen LogP contribution in [0.5, 0.6) is 0 Å². The zero-order valence-corrected chi connectivity index (χ0v) is 19.7. The van der Waals surface area contributed by atoms with Crippen molar-refractivity contribution in [2.45, 2.75) is 11.8 Å². The Morgan fingerprint density at radius 2 is 1.25 bits per heavy atom. The highest BCUT2D eigenvalue weighted by molar-refractivity contribution is 6.16. The lowest BCUT2D eigenvalue weighted by Crippen LogP contribution is -2.24. The maximum absolute atomic E-state index is 2.53. The molecular weight excluding hydrogens is 432 g/mol. The van der Waals surface area contributed by atoms with Crippen LogP contribution in [-0.4, -0.2) is 0 Å². The molecule has 0 N–H and O–H groups in total. The van der Waals surface area contributed by atoms with Gasteiger partial charge in [0.25, 0.3) is 0 Å². The van der Waals surface area contributed by atoms with Crippen LogP contribution in [0.1, 0.15) is 45.2 Å². The first-order valence-corrected chi connectivity index (χ1v) is 12.9. The second-order valence-electron chi connectivity index (χ2n) is 10.4. The maximum Gasteiger partial charge on any atom is 0.0211 e. The molecule has 9 rings (SSSR count). The van der Waals surface area contributed by atoms with Gasteiger partial charge in [-0.3, -0.25) is 0 Å². The molecule has 0 aromatic heterocycles. The van der Waals surface area contributed by atoms with Crippen LogP contribution in [0, 0.1) is 0 Å². The summed E-state index contributed by atoms with van der Waals surface area (Å²) in [5.74, 6) is 0.695. The van der Waals surface area contributed by atoms with Gasteiger partial charge in [-0.15, -0.1) is 0 Å². The fourth-order valence-corrected chi connectivity index (χ4v) is 7.33. The monoisotopic (exact) mass is 454 g/mol. The van der Waals surface area contributed by atoms with Crippen molar-refractivity contribution in [1.82, 2.24) is 0 Å². The largest absolute Gasteiger partial charge is 0.0754 e. The Morgan fingerprint density at radius 3 is 2.06 bits per heavy atom. The van der Waals surface area contributed by atoms with E-state index in [0.29, 0.717) is 11.8 Å². The van der Waals surface area contributed by atoms with Crippen LogP contribution >= 0.6 is 0 Å². The third kappa shape index (κ3) is 2.25. The molecule has 5 aromatic carbocycles. The highest BCUT2D eigenvalue weighted by Gasteiger charge is 2.40. The number of rotatable bonds is 1. The molecule has 0 fully saturated rings. The number of allylic oxidation sites excluding steroid dienone is 3. The minimum Gasteiger partial charge on any atom is -0.0754 e. The number of hydrogen-bond donors (Lipinski definition) is 0. The average Bonchev–Trinajstić information content (AvgIpc) is 3.25. The van der Waals surface area contributed by atoms with Gasteiger partial charge in [0.15, 0.2) is 0 Å². The van der Waals surface area contributed by atoms with Gasteiger partial charge in [-0.05, 0) is 89.7 Å². The van der Waals surface area contributed by atoms with E-state index in [0.717, 1.165) is 0 Å². The summed E-state index contributed by atoms with van der Waals surface area (Å²) in [5, 5.41) is 2.73. The van der Waals surface area contributed by atoms with E-state index < -0.39 is 0 Å². The number of benzene rings is 5. The van der Waals surface area contributed by atoms with Gasteiger partial charge < -0.3 is 0 Å². The molecular formula is C36H22. The Balaban J connectivity index is 1.41. The van der Waals surface area contributed by atoms with E-state index in [1.54, 1.807) is 0 Å². The van der Waals surface area contributed by atoms with Crippen molar-refractivity contribution < 1.29 is 0 Å². The summed E-state index contributed by atoms with van der Waals surface area (Å²) in [6, 6.07) is 36.3. The van der Waals surface area contributed by atoms with Gasteiger partial charge in [-0.25, -0.2) is 0 Å². The van der Waals surface area contributed by atoms with Crippen molar-refractivity contribution in [3.8, 4) is 22.3 Å². The van der Waals surface area contributed by atoms with Crippen molar-refractivity contribution in [3.63, 3.8) is 0 Å². The Labute approximate surface area is 210 Å². The fourth-order valence-electron chi connectivity index (χ4n) is 7.33. The Morgan fingerprint density at radius 1 is 0.528 bits per heavy atom.